The third-order valence-electron chi connectivity index (χ3n) is 6.96. The van der Waals surface area contributed by atoms with Crippen LogP contribution in [0.5, 0.6) is 5.88 Å². The topological polar surface area (TPSA) is 75.2 Å². The third kappa shape index (κ3) is 5.14. The average molecular weight is 489 g/mol. The van der Waals surface area contributed by atoms with Gasteiger partial charge in [0, 0.05) is 49.7 Å². The standard InChI is InChI=1S/C28H32N4O4/c1-35-28(34)32-26(33)14-12-22-11-13-25(29-27(22)32)36-20-5-4-15-30-16-18-31(19-17-30)24-10-6-8-21-7-2-3-9-23(21)24/h2-3,6-11,13H,4-5,12,14-20H2,1H3. The molecule has 0 aliphatic carbocycles. The number of methoxy groups -OCH3 is 1. The highest BCUT2D eigenvalue weighted by molar-refractivity contribution is 6.13. The Kier molecular flexibility index (Phi) is 7.32. The van der Waals surface area contributed by atoms with Crippen LogP contribution in [0.1, 0.15) is 24.8 Å². The molecular weight excluding hydrogens is 456 g/mol. The minimum absolute atomic E-state index is 0.264. The minimum Gasteiger partial charge on any atom is -0.478 e. The molecule has 1 aromatic heterocycles. The Morgan fingerprint density at radius 3 is 2.58 bits per heavy atom. The van der Waals surface area contributed by atoms with E-state index < -0.39 is 6.09 Å². The number of nitrogens with zero attached hydrogens (tertiary/aromatic N) is 4. The summed E-state index contributed by atoms with van der Waals surface area (Å²) in [6.45, 7) is 5.72. The highest BCUT2D eigenvalue weighted by Gasteiger charge is 2.32. The molecule has 0 atom stereocenters. The summed E-state index contributed by atoms with van der Waals surface area (Å²) in [5.41, 5.74) is 2.17. The zero-order valence-corrected chi connectivity index (χ0v) is 20.7. The molecule has 3 aromatic rings. The Labute approximate surface area is 211 Å². The van der Waals surface area contributed by atoms with Gasteiger partial charge in [-0.25, -0.2) is 4.79 Å². The Morgan fingerprint density at radius 1 is 0.944 bits per heavy atom. The first-order valence-electron chi connectivity index (χ1n) is 12.6. The number of aryl methyl sites for hydroxylation is 1. The van der Waals surface area contributed by atoms with Crippen molar-refractivity contribution in [3.05, 3.63) is 60.2 Å². The number of rotatable bonds is 7. The molecule has 0 spiro atoms. The van der Waals surface area contributed by atoms with Gasteiger partial charge in [-0.05, 0) is 48.9 Å². The Bertz CT molecular complexity index is 1230. The number of carbonyl (C=O) groups is 2. The number of hydrogen-bond donors (Lipinski definition) is 0. The van der Waals surface area contributed by atoms with Crippen molar-refractivity contribution >= 4 is 34.3 Å². The number of hydrogen-bond acceptors (Lipinski definition) is 7. The number of pyridine rings is 1. The van der Waals surface area contributed by atoms with Gasteiger partial charge in [-0.1, -0.05) is 36.4 Å². The Hall–Kier alpha value is -3.65. The summed E-state index contributed by atoms with van der Waals surface area (Å²) in [6, 6.07) is 18.8. The second kappa shape index (κ2) is 11.0. The largest absolute Gasteiger partial charge is 0.478 e. The summed E-state index contributed by atoms with van der Waals surface area (Å²) in [7, 11) is 1.26. The first-order valence-corrected chi connectivity index (χ1v) is 12.6. The Balaban J connectivity index is 1.07. The van der Waals surface area contributed by atoms with E-state index in [1.807, 2.05) is 6.07 Å². The zero-order chi connectivity index (χ0) is 24.9. The molecule has 0 bridgehead atoms. The molecule has 8 heteroatoms. The maximum atomic E-state index is 12.2. The van der Waals surface area contributed by atoms with Crippen LogP contribution in [0, 0.1) is 0 Å². The summed E-state index contributed by atoms with van der Waals surface area (Å²) < 4.78 is 10.6. The molecule has 2 aliphatic rings. The smallest absolute Gasteiger partial charge is 0.422 e. The quantitative estimate of drug-likeness (QED) is 0.460. The number of imide groups is 1. The van der Waals surface area contributed by atoms with Crippen molar-refractivity contribution in [2.75, 3.05) is 56.2 Å². The number of benzene rings is 2. The van der Waals surface area contributed by atoms with Crippen LogP contribution in [0.2, 0.25) is 0 Å². The number of carbonyl (C=O) groups excluding carboxylic acids is 2. The summed E-state index contributed by atoms with van der Waals surface area (Å²) in [6.07, 6.45) is 2.04. The predicted octanol–water partition coefficient (Wildman–Crippen LogP) is 4.26. The number of unbranched alkanes of at least 4 members (excludes halogenated alkanes) is 1. The van der Waals surface area contributed by atoms with E-state index in [2.05, 4.69) is 57.2 Å². The van der Waals surface area contributed by atoms with E-state index in [9.17, 15) is 9.59 Å². The molecule has 2 aromatic carbocycles. The van der Waals surface area contributed by atoms with Crippen molar-refractivity contribution in [3.63, 3.8) is 0 Å². The normalized spacial score (nSPS) is 16.2. The fourth-order valence-corrected chi connectivity index (χ4v) is 4.99. The second-order valence-corrected chi connectivity index (χ2v) is 9.21. The summed E-state index contributed by atoms with van der Waals surface area (Å²) in [4.78, 5) is 34.7. The van der Waals surface area contributed by atoms with Gasteiger partial charge in [0.2, 0.25) is 11.8 Å². The highest BCUT2D eigenvalue weighted by atomic mass is 16.5. The van der Waals surface area contributed by atoms with Gasteiger partial charge in [0.05, 0.1) is 13.7 Å². The lowest BCUT2D eigenvalue weighted by Crippen LogP contribution is -2.46. The monoisotopic (exact) mass is 488 g/mol. The van der Waals surface area contributed by atoms with E-state index in [-0.39, 0.29) is 12.3 Å². The van der Waals surface area contributed by atoms with Gasteiger partial charge < -0.3 is 14.4 Å². The van der Waals surface area contributed by atoms with Crippen molar-refractivity contribution < 1.29 is 19.1 Å². The molecule has 8 nitrogen and oxygen atoms in total. The van der Waals surface area contributed by atoms with Crippen molar-refractivity contribution in [1.82, 2.24) is 9.88 Å². The first kappa shape index (κ1) is 24.1. The number of anilines is 2. The molecule has 1 saturated heterocycles. The first-order chi connectivity index (χ1) is 17.6. The lowest BCUT2D eigenvalue weighted by molar-refractivity contribution is -0.118. The van der Waals surface area contributed by atoms with Crippen molar-refractivity contribution in [1.29, 1.82) is 0 Å². The molecule has 3 heterocycles. The molecule has 0 unspecified atom stereocenters. The SMILES string of the molecule is COC(=O)N1C(=O)CCc2ccc(OCCCCN3CCN(c4cccc5ccccc45)CC3)nc21. The lowest BCUT2D eigenvalue weighted by Gasteiger charge is -2.36. The van der Waals surface area contributed by atoms with Gasteiger partial charge in [0.1, 0.15) is 0 Å². The lowest BCUT2D eigenvalue weighted by atomic mass is 10.1. The number of piperazine rings is 1. The van der Waals surface area contributed by atoms with E-state index in [0.717, 1.165) is 56.0 Å². The molecule has 1 fully saturated rings. The van der Waals surface area contributed by atoms with Crippen LogP contribution in [0.25, 0.3) is 10.8 Å². The molecule has 5 rings (SSSR count). The molecule has 2 aliphatic heterocycles. The second-order valence-electron chi connectivity index (χ2n) is 9.21. The minimum atomic E-state index is -0.717. The fraction of sp³-hybridized carbons (Fsp3) is 0.393. The fourth-order valence-electron chi connectivity index (χ4n) is 4.99. The van der Waals surface area contributed by atoms with Crippen LogP contribution in [0.3, 0.4) is 0 Å². The summed E-state index contributed by atoms with van der Waals surface area (Å²) in [5.74, 6) is 0.431. The van der Waals surface area contributed by atoms with Gasteiger partial charge in [-0.2, -0.15) is 9.88 Å². The van der Waals surface area contributed by atoms with Crippen LogP contribution in [-0.4, -0.2) is 68.3 Å². The molecule has 0 saturated carbocycles. The van der Waals surface area contributed by atoms with E-state index in [4.69, 9.17) is 9.47 Å². The van der Waals surface area contributed by atoms with Gasteiger partial charge in [-0.15, -0.1) is 0 Å². The van der Waals surface area contributed by atoms with E-state index >= 15 is 0 Å². The molecule has 0 N–H and O–H groups in total. The molecule has 36 heavy (non-hydrogen) atoms. The molecule has 2 amide bonds. The number of amides is 2. The van der Waals surface area contributed by atoms with E-state index in [0.29, 0.717) is 24.7 Å². The van der Waals surface area contributed by atoms with Crippen LogP contribution >= 0.6 is 0 Å². The number of fused-ring (bicyclic) bond motifs is 2. The maximum Gasteiger partial charge on any atom is 0.422 e. The van der Waals surface area contributed by atoms with Crippen molar-refractivity contribution in [2.45, 2.75) is 25.7 Å². The van der Waals surface area contributed by atoms with Gasteiger partial charge in [0.15, 0.2) is 5.82 Å². The maximum absolute atomic E-state index is 12.2. The van der Waals surface area contributed by atoms with E-state index in [1.165, 1.54) is 23.6 Å². The molecule has 188 valence electrons. The third-order valence-corrected chi connectivity index (χ3v) is 6.96. The van der Waals surface area contributed by atoms with Crippen LogP contribution in [-0.2, 0) is 16.0 Å². The predicted molar refractivity (Wildman–Crippen MR) is 140 cm³/mol. The van der Waals surface area contributed by atoms with Crippen LogP contribution in [0.4, 0.5) is 16.3 Å². The Morgan fingerprint density at radius 2 is 1.75 bits per heavy atom. The van der Waals surface area contributed by atoms with Crippen molar-refractivity contribution in [3.8, 4) is 5.88 Å². The van der Waals surface area contributed by atoms with Crippen molar-refractivity contribution in [2.24, 2.45) is 0 Å². The van der Waals surface area contributed by atoms with Gasteiger partial charge in [0.25, 0.3) is 0 Å². The van der Waals surface area contributed by atoms with Gasteiger partial charge >= 0.3 is 6.09 Å². The average Bonchev–Trinajstić information content (AvgIpc) is 2.92. The van der Waals surface area contributed by atoms with Crippen LogP contribution < -0.4 is 14.5 Å². The van der Waals surface area contributed by atoms with E-state index in [1.54, 1.807) is 6.07 Å². The summed E-state index contributed by atoms with van der Waals surface area (Å²) in [5, 5.41) is 2.61. The number of aromatic nitrogens is 1. The highest BCUT2D eigenvalue weighted by Crippen LogP contribution is 2.29. The zero-order valence-electron chi connectivity index (χ0n) is 20.7. The molecule has 0 radical (unpaired) electrons. The van der Waals surface area contributed by atoms with Gasteiger partial charge in [-0.3, -0.25) is 9.69 Å². The van der Waals surface area contributed by atoms with Crippen LogP contribution in [0.15, 0.2) is 54.6 Å². The summed E-state index contributed by atoms with van der Waals surface area (Å²) >= 11 is 0. The number of ether oxygens (including phenoxy) is 2. The molecular formula is C28H32N4O4.